The summed E-state index contributed by atoms with van der Waals surface area (Å²) in [4.78, 5) is 14.0. The number of rotatable bonds is 2. The summed E-state index contributed by atoms with van der Waals surface area (Å²) in [7, 11) is 1.98. The minimum atomic E-state index is -0.185. The fourth-order valence-electron chi connectivity index (χ4n) is 2.50. The average Bonchev–Trinajstić information content (AvgIpc) is 2.55. The highest BCUT2D eigenvalue weighted by Crippen LogP contribution is 2.26. The van der Waals surface area contributed by atoms with Gasteiger partial charge in [0.25, 0.3) is 5.91 Å². The number of benzene rings is 2. The number of anilines is 1. The molecule has 21 heavy (non-hydrogen) atoms. The van der Waals surface area contributed by atoms with Gasteiger partial charge in [-0.15, -0.1) is 0 Å². The van der Waals surface area contributed by atoms with E-state index in [-0.39, 0.29) is 5.91 Å². The summed E-state index contributed by atoms with van der Waals surface area (Å²) in [5.74, 6) is 0.688. The van der Waals surface area contributed by atoms with E-state index in [0.717, 1.165) is 24.4 Å². The van der Waals surface area contributed by atoms with Gasteiger partial charge < -0.3 is 4.90 Å². The van der Waals surface area contributed by atoms with Crippen molar-refractivity contribution in [2.75, 3.05) is 11.9 Å². The Bertz CT molecular complexity index is 679. The number of hydrogen-bond acceptors (Lipinski definition) is 2. The molecule has 2 aromatic carbocycles. The van der Waals surface area contributed by atoms with Crippen LogP contribution < -0.4 is 10.3 Å². The Labute approximate surface area is 124 Å². The lowest BCUT2D eigenvalue weighted by Crippen LogP contribution is -2.34. The first-order valence-electron chi connectivity index (χ1n) is 6.99. The zero-order chi connectivity index (χ0) is 14.7. The Morgan fingerprint density at radius 3 is 2.57 bits per heavy atom. The van der Waals surface area contributed by atoms with Crippen molar-refractivity contribution in [2.24, 2.45) is 5.10 Å². The van der Waals surface area contributed by atoms with Crippen molar-refractivity contribution in [3.05, 3.63) is 65.7 Å². The van der Waals surface area contributed by atoms with Crippen LogP contribution in [-0.2, 0) is 6.42 Å². The zero-order valence-corrected chi connectivity index (χ0v) is 11.9. The summed E-state index contributed by atoms with van der Waals surface area (Å²) in [5.41, 5.74) is 5.71. The molecule has 0 spiro atoms. The molecule has 0 unspecified atom stereocenters. The number of para-hydroxylation sites is 1. The Kier molecular flexibility index (Phi) is 3.69. The number of carbonyl (C=O) groups is 1. The minimum Gasteiger partial charge on any atom is -0.331 e. The van der Waals surface area contributed by atoms with Gasteiger partial charge in [-0.1, -0.05) is 36.4 Å². The normalized spacial score (nSPS) is 15.7. The highest BCUT2D eigenvalue weighted by Gasteiger charge is 2.19. The average molecular weight is 279 g/mol. The number of hydrogen-bond donors (Lipinski definition) is 1. The molecule has 106 valence electrons. The van der Waals surface area contributed by atoms with Crippen molar-refractivity contribution < 1.29 is 4.79 Å². The first-order valence-corrected chi connectivity index (χ1v) is 6.99. The van der Waals surface area contributed by atoms with E-state index < -0.39 is 0 Å². The van der Waals surface area contributed by atoms with E-state index in [0.29, 0.717) is 5.56 Å². The van der Waals surface area contributed by atoms with Crippen LogP contribution in [0.3, 0.4) is 0 Å². The maximum atomic E-state index is 12.0. The molecule has 3 rings (SSSR count). The molecular formula is C17H17N3O. The smallest absolute Gasteiger partial charge is 0.271 e. The molecule has 1 N–H and O–H groups in total. The van der Waals surface area contributed by atoms with E-state index >= 15 is 0 Å². The molecule has 4 nitrogen and oxygen atoms in total. The van der Waals surface area contributed by atoms with Crippen LogP contribution in [0.1, 0.15) is 22.3 Å². The largest absolute Gasteiger partial charge is 0.331 e. The van der Waals surface area contributed by atoms with Crippen LogP contribution >= 0.6 is 0 Å². The number of aryl methyl sites for hydroxylation is 1. The molecule has 0 saturated heterocycles. The number of nitrogens with one attached hydrogen (secondary N) is 1. The monoisotopic (exact) mass is 279 g/mol. The van der Waals surface area contributed by atoms with Gasteiger partial charge in [0, 0.05) is 24.7 Å². The lowest BCUT2D eigenvalue weighted by Gasteiger charge is -2.28. The van der Waals surface area contributed by atoms with Gasteiger partial charge in [-0.3, -0.25) is 4.79 Å². The first-order chi connectivity index (χ1) is 10.3. The number of amides is 1. The van der Waals surface area contributed by atoms with Crippen molar-refractivity contribution in [1.29, 1.82) is 0 Å². The van der Waals surface area contributed by atoms with Crippen LogP contribution in [-0.4, -0.2) is 18.8 Å². The standard InChI is InChI=1S/C17H17N3O/c1-20-15-10-6-5-7-13(15)11-12-16(20)18-19-17(21)14-8-3-2-4-9-14/h2-10H,11-12H2,1H3,(H,19,21)/b18-16-. The van der Waals surface area contributed by atoms with Crippen LogP contribution in [0.25, 0.3) is 0 Å². The Morgan fingerprint density at radius 1 is 1.05 bits per heavy atom. The van der Waals surface area contributed by atoms with E-state index in [2.05, 4.69) is 22.7 Å². The second-order valence-electron chi connectivity index (χ2n) is 5.02. The number of hydrazone groups is 1. The lowest BCUT2D eigenvalue weighted by atomic mass is 10.0. The molecule has 0 atom stereocenters. The fourth-order valence-corrected chi connectivity index (χ4v) is 2.50. The number of amidine groups is 1. The van der Waals surface area contributed by atoms with Gasteiger partial charge in [0.1, 0.15) is 5.84 Å². The second kappa shape index (κ2) is 5.79. The van der Waals surface area contributed by atoms with Crippen molar-refractivity contribution in [3.63, 3.8) is 0 Å². The van der Waals surface area contributed by atoms with Crippen LogP contribution in [0, 0.1) is 0 Å². The maximum absolute atomic E-state index is 12.0. The summed E-state index contributed by atoms with van der Waals surface area (Å²) < 4.78 is 0. The second-order valence-corrected chi connectivity index (χ2v) is 5.02. The van der Waals surface area contributed by atoms with E-state index in [4.69, 9.17) is 0 Å². The SMILES string of the molecule is CN1/C(=N\NC(=O)c2ccccc2)CCc2ccccc21. The fraction of sp³-hybridized carbons (Fsp3) is 0.176. The molecule has 4 heteroatoms. The molecule has 1 aliphatic rings. The third kappa shape index (κ3) is 2.79. The van der Waals surface area contributed by atoms with Crippen LogP contribution in [0.2, 0.25) is 0 Å². The molecule has 0 saturated carbocycles. The highest BCUT2D eigenvalue weighted by atomic mass is 16.2. The summed E-state index contributed by atoms with van der Waals surface area (Å²) in [5, 5.41) is 4.28. The van der Waals surface area contributed by atoms with Crippen LogP contribution in [0.4, 0.5) is 5.69 Å². The molecule has 0 radical (unpaired) electrons. The lowest BCUT2D eigenvalue weighted by molar-refractivity contribution is 0.0954. The predicted molar refractivity (Wildman–Crippen MR) is 84.5 cm³/mol. The van der Waals surface area contributed by atoms with Gasteiger partial charge in [0.2, 0.25) is 0 Å². The van der Waals surface area contributed by atoms with Gasteiger partial charge in [-0.2, -0.15) is 5.10 Å². The van der Waals surface area contributed by atoms with E-state index in [1.807, 2.05) is 42.3 Å². The molecule has 1 amide bonds. The molecule has 1 heterocycles. The summed E-state index contributed by atoms with van der Waals surface area (Å²) in [6.45, 7) is 0. The Hall–Kier alpha value is -2.62. The van der Waals surface area contributed by atoms with Gasteiger partial charge in [0.05, 0.1) is 0 Å². The zero-order valence-electron chi connectivity index (χ0n) is 11.9. The molecule has 0 aliphatic carbocycles. The van der Waals surface area contributed by atoms with Crippen molar-refractivity contribution in [2.45, 2.75) is 12.8 Å². The van der Waals surface area contributed by atoms with Crippen LogP contribution in [0.5, 0.6) is 0 Å². The van der Waals surface area contributed by atoms with Crippen LogP contribution in [0.15, 0.2) is 59.7 Å². The molecule has 1 aliphatic heterocycles. The molecule has 0 bridgehead atoms. The quantitative estimate of drug-likeness (QED) is 0.859. The minimum absolute atomic E-state index is 0.185. The number of fused-ring (bicyclic) bond motifs is 1. The Balaban J connectivity index is 1.75. The first kappa shape index (κ1) is 13.4. The van der Waals surface area contributed by atoms with Gasteiger partial charge in [0.15, 0.2) is 0 Å². The number of carbonyl (C=O) groups excluding carboxylic acids is 1. The van der Waals surface area contributed by atoms with E-state index in [9.17, 15) is 4.79 Å². The topological polar surface area (TPSA) is 44.7 Å². The van der Waals surface area contributed by atoms with Gasteiger partial charge >= 0.3 is 0 Å². The number of nitrogens with zero attached hydrogens (tertiary/aromatic N) is 2. The molecule has 2 aromatic rings. The summed E-state index contributed by atoms with van der Waals surface area (Å²) in [6.07, 6.45) is 1.77. The third-order valence-electron chi connectivity index (χ3n) is 3.68. The third-order valence-corrected chi connectivity index (χ3v) is 3.68. The van der Waals surface area contributed by atoms with E-state index in [1.54, 1.807) is 12.1 Å². The maximum Gasteiger partial charge on any atom is 0.271 e. The van der Waals surface area contributed by atoms with E-state index in [1.165, 1.54) is 5.56 Å². The summed E-state index contributed by atoms with van der Waals surface area (Å²) in [6, 6.07) is 17.4. The Morgan fingerprint density at radius 2 is 1.76 bits per heavy atom. The summed E-state index contributed by atoms with van der Waals surface area (Å²) >= 11 is 0. The molecule has 0 aromatic heterocycles. The van der Waals surface area contributed by atoms with Gasteiger partial charge in [-0.05, 0) is 30.2 Å². The highest BCUT2D eigenvalue weighted by molar-refractivity contribution is 6.01. The molecular weight excluding hydrogens is 262 g/mol. The predicted octanol–water partition coefficient (Wildman–Crippen LogP) is 2.81. The van der Waals surface area contributed by atoms with Crippen molar-refractivity contribution in [3.8, 4) is 0 Å². The van der Waals surface area contributed by atoms with Crippen molar-refractivity contribution >= 4 is 17.4 Å². The molecule has 0 fully saturated rings. The van der Waals surface area contributed by atoms with Crippen molar-refractivity contribution in [1.82, 2.24) is 5.43 Å². The van der Waals surface area contributed by atoms with Gasteiger partial charge in [-0.25, -0.2) is 5.43 Å².